The SMILES string of the molecule is CNCC(CNc1ccc(Cl)cc1)C(C)C. The van der Waals surface area contributed by atoms with Gasteiger partial charge in [0.1, 0.15) is 0 Å². The Hall–Kier alpha value is -0.730. The number of anilines is 1. The zero-order valence-corrected chi connectivity index (χ0v) is 11.0. The lowest BCUT2D eigenvalue weighted by molar-refractivity contribution is 0.390. The first-order valence-corrected chi connectivity index (χ1v) is 6.15. The molecule has 0 amide bonds. The number of benzene rings is 1. The van der Waals surface area contributed by atoms with Crippen molar-refractivity contribution >= 4 is 17.3 Å². The van der Waals surface area contributed by atoms with Crippen molar-refractivity contribution in [2.75, 3.05) is 25.5 Å². The van der Waals surface area contributed by atoms with E-state index < -0.39 is 0 Å². The van der Waals surface area contributed by atoms with Crippen LogP contribution in [0.3, 0.4) is 0 Å². The number of hydrogen-bond donors (Lipinski definition) is 2. The van der Waals surface area contributed by atoms with Crippen LogP contribution in [0.5, 0.6) is 0 Å². The molecule has 2 nitrogen and oxygen atoms in total. The average Bonchev–Trinajstić information content (AvgIpc) is 2.26. The summed E-state index contributed by atoms with van der Waals surface area (Å²) < 4.78 is 0. The maximum atomic E-state index is 5.84. The van der Waals surface area contributed by atoms with E-state index in [9.17, 15) is 0 Å². The Bertz CT molecular complexity index is 295. The third-order valence-electron chi connectivity index (χ3n) is 2.82. The molecule has 0 saturated carbocycles. The Morgan fingerprint density at radius 3 is 2.25 bits per heavy atom. The lowest BCUT2D eigenvalue weighted by atomic mass is 9.96. The number of halogens is 1. The molecule has 1 aromatic rings. The molecule has 1 rings (SSSR count). The molecule has 2 N–H and O–H groups in total. The Labute approximate surface area is 103 Å². The van der Waals surface area contributed by atoms with E-state index in [-0.39, 0.29) is 0 Å². The summed E-state index contributed by atoms with van der Waals surface area (Å²) in [4.78, 5) is 0. The van der Waals surface area contributed by atoms with Gasteiger partial charge in [-0.1, -0.05) is 25.4 Å². The highest BCUT2D eigenvalue weighted by Gasteiger charge is 2.11. The fourth-order valence-electron chi connectivity index (χ4n) is 1.62. The van der Waals surface area contributed by atoms with Gasteiger partial charge in [-0.3, -0.25) is 0 Å². The van der Waals surface area contributed by atoms with Crippen LogP contribution in [0.4, 0.5) is 5.69 Å². The van der Waals surface area contributed by atoms with Crippen molar-refractivity contribution in [2.24, 2.45) is 11.8 Å². The van der Waals surface area contributed by atoms with Crippen molar-refractivity contribution in [1.29, 1.82) is 0 Å². The van der Waals surface area contributed by atoms with Crippen LogP contribution in [0.25, 0.3) is 0 Å². The van der Waals surface area contributed by atoms with Crippen LogP contribution < -0.4 is 10.6 Å². The lowest BCUT2D eigenvalue weighted by Gasteiger charge is -2.21. The lowest BCUT2D eigenvalue weighted by Crippen LogP contribution is -2.29. The normalized spacial score (nSPS) is 12.8. The van der Waals surface area contributed by atoms with Crippen molar-refractivity contribution in [3.8, 4) is 0 Å². The first kappa shape index (κ1) is 13.3. The highest BCUT2D eigenvalue weighted by molar-refractivity contribution is 6.30. The monoisotopic (exact) mass is 240 g/mol. The summed E-state index contributed by atoms with van der Waals surface area (Å²) in [5.41, 5.74) is 1.13. The third kappa shape index (κ3) is 4.42. The summed E-state index contributed by atoms with van der Waals surface area (Å²) in [6, 6.07) is 7.84. The van der Waals surface area contributed by atoms with E-state index in [0.717, 1.165) is 23.8 Å². The second-order valence-electron chi connectivity index (χ2n) is 4.45. The molecule has 0 bridgehead atoms. The quantitative estimate of drug-likeness (QED) is 0.798. The highest BCUT2D eigenvalue weighted by atomic mass is 35.5. The van der Waals surface area contributed by atoms with Crippen LogP contribution in [0.15, 0.2) is 24.3 Å². The molecule has 3 heteroatoms. The molecular formula is C13H21ClN2. The minimum absolute atomic E-state index is 0.640. The molecule has 0 fully saturated rings. The van der Waals surface area contributed by atoms with Crippen LogP contribution in [0.2, 0.25) is 5.02 Å². The van der Waals surface area contributed by atoms with E-state index in [4.69, 9.17) is 11.6 Å². The maximum absolute atomic E-state index is 5.84. The number of nitrogens with one attached hydrogen (secondary N) is 2. The number of rotatable bonds is 6. The molecule has 16 heavy (non-hydrogen) atoms. The van der Waals surface area contributed by atoms with Crippen molar-refractivity contribution < 1.29 is 0 Å². The molecule has 0 spiro atoms. The summed E-state index contributed by atoms with van der Waals surface area (Å²) in [5.74, 6) is 1.31. The van der Waals surface area contributed by atoms with E-state index in [0.29, 0.717) is 11.8 Å². The molecule has 0 aliphatic heterocycles. The van der Waals surface area contributed by atoms with E-state index in [1.54, 1.807) is 0 Å². The largest absolute Gasteiger partial charge is 0.385 e. The fraction of sp³-hybridized carbons (Fsp3) is 0.538. The first-order valence-electron chi connectivity index (χ1n) is 5.77. The molecule has 0 aliphatic rings. The van der Waals surface area contributed by atoms with Gasteiger partial charge in [0.2, 0.25) is 0 Å². The van der Waals surface area contributed by atoms with Crippen LogP contribution in [0.1, 0.15) is 13.8 Å². The smallest absolute Gasteiger partial charge is 0.0407 e. The van der Waals surface area contributed by atoms with Gasteiger partial charge in [-0.25, -0.2) is 0 Å². The molecule has 0 heterocycles. The van der Waals surface area contributed by atoms with Gasteiger partial charge < -0.3 is 10.6 Å². The maximum Gasteiger partial charge on any atom is 0.0407 e. The van der Waals surface area contributed by atoms with Crippen molar-refractivity contribution in [3.63, 3.8) is 0 Å². The summed E-state index contributed by atoms with van der Waals surface area (Å²) >= 11 is 5.84. The molecule has 1 atom stereocenters. The zero-order valence-electron chi connectivity index (χ0n) is 10.3. The molecule has 0 saturated heterocycles. The summed E-state index contributed by atoms with van der Waals surface area (Å²) in [6.45, 7) is 6.54. The fourth-order valence-corrected chi connectivity index (χ4v) is 1.75. The molecule has 1 unspecified atom stereocenters. The predicted octanol–water partition coefficient (Wildman–Crippen LogP) is 3.24. The van der Waals surface area contributed by atoms with Gasteiger partial charge in [0.15, 0.2) is 0 Å². The molecule has 0 aliphatic carbocycles. The Morgan fingerprint density at radius 1 is 1.12 bits per heavy atom. The van der Waals surface area contributed by atoms with Gasteiger partial charge >= 0.3 is 0 Å². The number of hydrogen-bond acceptors (Lipinski definition) is 2. The Morgan fingerprint density at radius 2 is 1.75 bits per heavy atom. The molecule has 0 aromatic heterocycles. The topological polar surface area (TPSA) is 24.1 Å². The summed E-state index contributed by atoms with van der Waals surface area (Å²) in [7, 11) is 2.00. The van der Waals surface area contributed by atoms with Gasteiger partial charge in [-0.2, -0.15) is 0 Å². The van der Waals surface area contributed by atoms with Crippen LogP contribution in [0, 0.1) is 11.8 Å². The van der Waals surface area contributed by atoms with Gasteiger partial charge in [-0.05, 0) is 49.7 Å². The van der Waals surface area contributed by atoms with Gasteiger partial charge in [-0.15, -0.1) is 0 Å². The Balaban J connectivity index is 2.45. The van der Waals surface area contributed by atoms with Gasteiger partial charge in [0.05, 0.1) is 0 Å². The van der Waals surface area contributed by atoms with E-state index in [1.165, 1.54) is 0 Å². The van der Waals surface area contributed by atoms with E-state index in [1.807, 2.05) is 31.3 Å². The van der Waals surface area contributed by atoms with Crippen LogP contribution in [-0.4, -0.2) is 20.1 Å². The third-order valence-corrected chi connectivity index (χ3v) is 3.07. The minimum atomic E-state index is 0.640. The summed E-state index contributed by atoms with van der Waals surface area (Å²) in [6.07, 6.45) is 0. The van der Waals surface area contributed by atoms with Crippen LogP contribution >= 0.6 is 11.6 Å². The van der Waals surface area contributed by atoms with Gasteiger partial charge in [0, 0.05) is 17.3 Å². The van der Waals surface area contributed by atoms with Crippen LogP contribution in [-0.2, 0) is 0 Å². The Kier molecular flexibility index (Phi) is 5.64. The zero-order chi connectivity index (χ0) is 12.0. The molecular weight excluding hydrogens is 220 g/mol. The first-order chi connectivity index (χ1) is 7.63. The van der Waals surface area contributed by atoms with Gasteiger partial charge in [0.25, 0.3) is 0 Å². The standard InChI is InChI=1S/C13H21ClN2/c1-10(2)11(8-15-3)9-16-13-6-4-12(14)5-7-13/h4-7,10-11,15-16H,8-9H2,1-3H3. The van der Waals surface area contributed by atoms with Crippen molar-refractivity contribution in [3.05, 3.63) is 29.3 Å². The molecule has 90 valence electrons. The minimum Gasteiger partial charge on any atom is -0.385 e. The second-order valence-corrected chi connectivity index (χ2v) is 4.89. The molecule has 1 aromatic carbocycles. The predicted molar refractivity (Wildman–Crippen MR) is 72.2 cm³/mol. The highest BCUT2D eigenvalue weighted by Crippen LogP contribution is 2.15. The average molecular weight is 241 g/mol. The second kappa shape index (κ2) is 6.77. The molecule has 0 radical (unpaired) electrons. The summed E-state index contributed by atoms with van der Waals surface area (Å²) in [5, 5.41) is 7.45. The van der Waals surface area contributed by atoms with Crippen molar-refractivity contribution in [2.45, 2.75) is 13.8 Å². The van der Waals surface area contributed by atoms with E-state index >= 15 is 0 Å². The van der Waals surface area contributed by atoms with E-state index in [2.05, 4.69) is 24.5 Å². The van der Waals surface area contributed by atoms with Crippen molar-refractivity contribution in [1.82, 2.24) is 5.32 Å².